The second kappa shape index (κ2) is 6.49. The van der Waals surface area contributed by atoms with Crippen LogP contribution in [0.2, 0.25) is 0 Å². The van der Waals surface area contributed by atoms with Gasteiger partial charge in [0.1, 0.15) is 11.7 Å². The molecule has 2 saturated heterocycles. The molecule has 4 rings (SSSR count). The lowest BCUT2D eigenvalue weighted by Crippen LogP contribution is -2.41. The average Bonchev–Trinajstić information content (AvgIpc) is 3.37. The molecule has 1 aromatic carbocycles. The number of tetrazole rings is 1. The number of fused-ring (bicyclic) bond motifs is 1. The van der Waals surface area contributed by atoms with E-state index in [2.05, 4.69) is 15.5 Å². The molecule has 1 aromatic heterocycles. The van der Waals surface area contributed by atoms with Crippen LogP contribution >= 0.6 is 0 Å². The van der Waals surface area contributed by atoms with Gasteiger partial charge in [-0.1, -0.05) is 12.1 Å². The van der Waals surface area contributed by atoms with Gasteiger partial charge in [-0.2, -0.15) is 0 Å². The molecule has 2 aliphatic heterocycles. The van der Waals surface area contributed by atoms with E-state index in [-0.39, 0.29) is 24.2 Å². The maximum absolute atomic E-state index is 12.7. The molecule has 2 fully saturated rings. The first kappa shape index (κ1) is 16.6. The lowest BCUT2D eigenvalue weighted by molar-refractivity contribution is -0.153. The molecule has 0 unspecified atom stereocenters. The number of esters is 1. The van der Waals surface area contributed by atoms with Gasteiger partial charge in [0, 0.05) is 19.0 Å². The molecule has 0 bridgehead atoms. The first-order chi connectivity index (χ1) is 12.6. The third-order valence-corrected chi connectivity index (χ3v) is 5.22. The summed E-state index contributed by atoms with van der Waals surface area (Å²) in [7, 11) is 1.38. The third kappa shape index (κ3) is 2.74. The molecular formula is C17H19N5O4. The number of rotatable bonds is 4. The zero-order chi connectivity index (χ0) is 18.1. The summed E-state index contributed by atoms with van der Waals surface area (Å²) in [5.74, 6) is -0.292. The lowest BCUT2D eigenvalue weighted by Gasteiger charge is -2.23. The van der Waals surface area contributed by atoms with Gasteiger partial charge < -0.3 is 14.4 Å². The molecule has 9 heteroatoms. The van der Waals surface area contributed by atoms with E-state index in [0.717, 1.165) is 11.3 Å². The number of methoxy groups -OCH3 is 1. The third-order valence-electron chi connectivity index (χ3n) is 5.22. The van der Waals surface area contributed by atoms with E-state index in [9.17, 15) is 9.59 Å². The van der Waals surface area contributed by atoms with Crippen LogP contribution in [-0.4, -0.2) is 70.4 Å². The predicted molar refractivity (Wildman–Crippen MR) is 88.2 cm³/mol. The van der Waals surface area contributed by atoms with Crippen molar-refractivity contribution in [3.05, 3.63) is 36.2 Å². The van der Waals surface area contributed by atoms with Gasteiger partial charge in [0.2, 0.25) is 5.91 Å². The van der Waals surface area contributed by atoms with E-state index in [1.54, 1.807) is 9.58 Å². The van der Waals surface area contributed by atoms with Crippen molar-refractivity contribution in [3.63, 3.8) is 0 Å². The highest BCUT2D eigenvalue weighted by atomic mass is 16.5. The van der Waals surface area contributed by atoms with Crippen molar-refractivity contribution < 1.29 is 19.1 Å². The Balaban J connectivity index is 1.43. The second-order valence-corrected chi connectivity index (χ2v) is 6.73. The summed E-state index contributed by atoms with van der Waals surface area (Å²) in [5, 5.41) is 11.0. The van der Waals surface area contributed by atoms with Crippen molar-refractivity contribution in [2.45, 2.75) is 6.42 Å². The first-order valence-corrected chi connectivity index (χ1v) is 8.38. The number of hydrogen-bond donors (Lipinski definition) is 0. The zero-order valence-electron chi connectivity index (χ0n) is 14.4. The normalized spacial score (nSPS) is 24.5. The number of ether oxygens (including phenoxy) is 2. The minimum Gasteiger partial charge on any atom is -0.468 e. The molecule has 3 heterocycles. The standard InChI is InChI=1S/C17H19N5O4/c1-25-16(24)17-9-21(7-13(17)8-26-10-17)15(23)6-12-2-4-14(5-3-12)22-11-18-19-20-22/h2-5,11,13H,6-10H2,1H3/t13-,17-/m0/s1. The number of carbonyl (C=O) groups excluding carboxylic acids is 2. The maximum Gasteiger partial charge on any atom is 0.316 e. The highest BCUT2D eigenvalue weighted by molar-refractivity contribution is 5.83. The highest BCUT2D eigenvalue weighted by Crippen LogP contribution is 2.42. The fraction of sp³-hybridized carbons (Fsp3) is 0.471. The maximum atomic E-state index is 12.7. The number of likely N-dealkylation sites (tertiary alicyclic amines) is 1. The quantitative estimate of drug-likeness (QED) is 0.702. The summed E-state index contributed by atoms with van der Waals surface area (Å²) < 4.78 is 12.0. The number of hydrogen-bond acceptors (Lipinski definition) is 7. The SMILES string of the molecule is COC(=O)[C@@]12COC[C@@H]1CN(C(=O)Cc1ccc(-n3cnnn3)cc1)C2. The molecule has 0 saturated carbocycles. The van der Waals surface area contributed by atoms with Crippen LogP contribution in [0.4, 0.5) is 0 Å². The van der Waals surface area contributed by atoms with Gasteiger partial charge in [-0.15, -0.1) is 5.10 Å². The van der Waals surface area contributed by atoms with Crippen molar-refractivity contribution in [1.29, 1.82) is 0 Å². The molecule has 0 aliphatic carbocycles. The summed E-state index contributed by atoms with van der Waals surface area (Å²) in [6.45, 7) is 1.68. The Kier molecular flexibility index (Phi) is 4.15. The van der Waals surface area contributed by atoms with Gasteiger partial charge in [-0.3, -0.25) is 9.59 Å². The van der Waals surface area contributed by atoms with E-state index >= 15 is 0 Å². The lowest BCUT2D eigenvalue weighted by atomic mass is 9.81. The van der Waals surface area contributed by atoms with Crippen molar-refractivity contribution in [1.82, 2.24) is 25.1 Å². The first-order valence-electron chi connectivity index (χ1n) is 8.38. The van der Waals surface area contributed by atoms with E-state index in [4.69, 9.17) is 9.47 Å². The number of benzene rings is 1. The summed E-state index contributed by atoms with van der Waals surface area (Å²) >= 11 is 0. The van der Waals surface area contributed by atoms with E-state index in [1.165, 1.54) is 13.4 Å². The van der Waals surface area contributed by atoms with Gasteiger partial charge in [-0.25, -0.2) is 4.68 Å². The molecule has 9 nitrogen and oxygen atoms in total. The summed E-state index contributed by atoms with van der Waals surface area (Å²) in [5.41, 5.74) is 1.00. The van der Waals surface area contributed by atoms with Crippen LogP contribution in [0.1, 0.15) is 5.56 Å². The fourth-order valence-electron chi connectivity index (χ4n) is 3.75. The van der Waals surface area contributed by atoms with Crippen molar-refractivity contribution in [3.8, 4) is 5.69 Å². The van der Waals surface area contributed by atoms with Crippen molar-refractivity contribution in [2.24, 2.45) is 11.3 Å². The minimum atomic E-state index is -0.714. The van der Waals surface area contributed by atoms with Crippen LogP contribution in [0.15, 0.2) is 30.6 Å². The largest absolute Gasteiger partial charge is 0.468 e. The van der Waals surface area contributed by atoms with Crippen LogP contribution in [0.5, 0.6) is 0 Å². The number of carbonyl (C=O) groups is 2. The van der Waals surface area contributed by atoms with Crippen molar-refractivity contribution >= 4 is 11.9 Å². The van der Waals surface area contributed by atoms with Crippen LogP contribution in [0, 0.1) is 11.3 Å². The predicted octanol–water partition coefficient (Wildman–Crippen LogP) is -0.147. The van der Waals surface area contributed by atoms with Crippen LogP contribution < -0.4 is 0 Å². The fourth-order valence-corrected chi connectivity index (χ4v) is 3.75. The van der Waals surface area contributed by atoms with E-state index in [1.807, 2.05) is 24.3 Å². The molecule has 0 N–H and O–H groups in total. The Morgan fingerprint density at radius 2 is 2.15 bits per heavy atom. The smallest absolute Gasteiger partial charge is 0.316 e. The monoisotopic (exact) mass is 357 g/mol. The van der Waals surface area contributed by atoms with E-state index < -0.39 is 5.41 Å². The Hall–Kier alpha value is -2.81. The summed E-state index contributed by atoms with van der Waals surface area (Å²) in [6.07, 6.45) is 1.79. The number of nitrogens with zero attached hydrogens (tertiary/aromatic N) is 5. The molecule has 2 atom stereocenters. The van der Waals surface area contributed by atoms with Gasteiger partial charge in [-0.05, 0) is 28.1 Å². The molecule has 0 radical (unpaired) electrons. The molecule has 1 amide bonds. The van der Waals surface area contributed by atoms with Gasteiger partial charge in [0.25, 0.3) is 0 Å². The number of amides is 1. The second-order valence-electron chi connectivity index (χ2n) is 6.73. The Labute approximate surface area is 149 Å². The minimum absolute atomic E-state index is 0.00101. The van der Waals surface area contributed by atoms with Crippen molar-refractivity contribution in [2.75, 3.05) is 33.4 Å². The molecule has 26 heavy (non-hydrogen) atoms. The van der Waals surface area contributed by atoms with E-state index in [0.29, 0.717) is 26.3 Å². The van der Waals surface area contributed by atoms with Gasteiger partial charge in [0.05, 0.1) is 32.4 Å². The van der Waals surface area contributed by atoms with Crippen LogP contribution in [-0.2, 0) is 25.5 Å². The molecule has 136 valence electrons. The van der Waals surface area contributed by atoms with Gasteiger partial charge in [0.15, 0.2) is 0 Å². The topological polar surface area (TPSA) is 99.4 Å². The molecule has 0 spiro atoms. The number of aromatic nitrogens is 4. The Morgan fingerprint density at radius 3 is 2.85 bits per heavy atom. The highest BCUT2D eigenvalue weighted by Gasteiger charge is 2.57. The van der Waals surface area contributed by atoms with Crippen LogP contribution in [0.3, 0.4) is 0 Å². The molecule has 2 aliphatic rings. The Morgan fingerprint density at radius 1 is 1.35 bits per heavy atom. The average molecular weight is 357 g/mol. The zero-order valence-corrected chi connectivity index (χ0v) is 14.4. The summed E-state index contributed by atoms with van der Waals surface area (Å²) in [4.78, 5) is 26.7. The molecule has 2 aromatic rings. The summed E-state index contributed by atoms with van der Waals surface area (Å²) in [6, 6.07) is 7.49. The Bertz CT molecular complexity index is 807. The van der Waals surface area contributed by atoms with Crippen LogP contribution in [0.25, 0.3) is 5.69 Å². The van der Waals surface area contributed by atoms with Gasteiger partial charge >= 0.3 is 5.97 Å². The molecular weight excluding hydrogens is 338 g/mol.